The van der Waals surface area contributed by atoms with E-state index in [0.29, 0.717) is 103 Å². The molecule has 0 bridgehead atoms. The quantitative estimate of drug-likeness (QED) is 0.0775. The predicted octanol–water partition coefficient (Wildman–Crippen LogP) is 27.9. The zero-order valence-corrected chi connectivity index (χ0v) is 81.7. The molecule has 137 heavy (non-hydrogen) atoms. The summed E-state index contributed by atoms with van der Waals surface area (Å²) in [7, 11) is 0. The number of aryl methyl sites for hydroxylation is 5. The van der Waals surface area contributed by atoms with Gasteiger partial charge in [0.25, 0.3) is 33.4 Å². The highest BCUT2D eigenvalue weighted by atomic mass is 79.9. The van der Waals surface area contributed by atoms with E-state index in [9.17, 15) is 68.3 Å². The number of nitrogens with one attached hydrogen (secondary N) is 6. The van der Waals surface area contributed by atoms with Gasteiger partial charge in [0.1, 0.15) is 34.9 Å². The topological polar surface area (TPSA) is 279 Å². The Morgan fingerprint density at radius 2 is 0.708 bits per heavy atom. The van der Waals surface area contributed by atoms with E-state index in [2.05, 4.69) is 151 Å². The van der Waals surface area contributed by atoms with Crippen LogP contribution in [0.3, 0.4) is 0 Å². The number of aromatic amines is 6. The molecule has 0 fully saturated rings. The van der Waals surface area contributed by atoms with Gasteiger partial charge in [-0.3, -0.25) is 28.8 Å². The van der Waals surface area contributed by atoms with Crippen molar-refractivity contribution in [2.24, 2.45) is 0 Å². The third kappa shape index (κ3) is 22.8. The number of nitrogens with zero attached hydrogens (tertiary/aromatic N) is 7. The van der Waals surface area contributed by atoms with Crippen LogP contribution >= 0.6 is 114 Å². The van der Waals surface area contributed by atoms with E-state index in [-0.39, 0.29) is 75.4 Å². The molecule has 0 saturated heterocycles. The van der Waals surface area contributed by atoms with Crippen molar-refractivity contribution in [3.05, 3.63) is 411 Å². The molecule has 0 radical (unpaired) electrons. The van der Waals surface area contributed by atoms with E-state index in [1.807, 2.05) is 131 Å². The van der Waals surface area contributed by atoms with Crippen molar-refractivity contribution < 1.29 is 39.5 Å². The summed E-state index contributed by atoms with van der Waals surface area (Å²) in [6.45, 7) is 10.2. The van der Waals surface area contributed by atoms with Gasteiger partial charge in [-0.15, -0.1) is 0 Å². The lowest BCUT2D eigenvalue weighted by atomic mass is 10.1. The number of rotatable bonds is 8. The maximum Gasteiger partial charge on any atom is 0.417 e. The number of hydrogen-bond acceptors (Lipinski definition) is 12. The normalized spacial score (nSPS) is 11.5. The van der Waals surface area contributed by atoms with Gasteiger partial charge in [0.15, 0.2) is 0 Å². The number of hydrogen-bond donors (Lipinski definition) is 6. The first-order valence-electron chi connectivity index (χ1n) is 40.9. The molecule has 20 aromatic rings. The number of aromatic nitrogens is 13. The standard InChI is InChI=1S/C24H18ClN3O.2C16H10BrF3N2O.C15H7Br2F3N2O.C15H11BrN2O.C15H10Cl2N2O/c1-15-7-5-10-17-22(15)26-23(27-24(17)29)18-14-28(13-16-8-3-2-4-9-16)20-12-6-11-19(25)21(18)20;1-8-2-3-13-12(4-8)15(23)22-14(21-13)9-5-10(16(18,19)20)7-11(17)6-9;1-8-3-2-4-10-13(8)21-14(22-15(10)23)9-5-6-12(17)11(7-9)16(18,19)20;16-9-1-2-12-11(6-9)14(23)22-13(21-12)7-3-8(15(18,19)20)5-10(17)4-7;1-9-3-2-4-12-13(9)17-14(18-15(12)19)10-5-7-11(16)8-6-10;1-8-3-2-4-10-13(8)18-14(19-15(10)20)9-5-6-11(16)12(17)7-9/h2-12,14H,13H2,1H3,(H,26,27,29);2*2-7H,1H3,(H,21,22,23);1-6H,(H,21,22,23);2-8H,1H3,(H,17,18,19);2-7H,1H3,(H,18,19,20). The highest BCUT2D eigenvalue weighted by Gasteiger charge is 2.35. The molecule has 0 aliphatic heterocycles. The molecule has 0 spiro atoms. The molecular weight excluding hydrogens is 2170 g/mol. The minimum atomic E-state index is -4.50. The summed E-state index contributed by atoms with van der Waals surface area (Å²) in [5.74, 6) is 1.89. The summed E-state index contributed by atoms with van der Waals surface area (Å²) in [6, 6.07) is 71.5. The lowest BCUT2D eigenvalue weighted by molar-refractivity contribution is -0.138. The zero-order valence-electron chi connectivity index (χ0n) is 71.5. The van der Waals surface area contributed by atoms with Crippen LogP contribution in [0.25, 0.3) is 145 Å². The summed E-state index contributed by atoms with van der Waals surface area (Å²) in [5.41, 5.74) is 9.21. The summed E-state index contributed by atoms with van der Waals surface area (Å²) >= 11 is 34.1. The lowest BCUT2D eigenvalue weighted by Crippen LogP contribution is -2.11. The van der Waals surface area contributed by atoms with Gasteiger partial charge in [0.2, 0.25) is 0 Å². The third-order valence-electron chi connectivity index (χ3n) is 21.4. The first-order chi connectivity index (χ1) is 65.1. The molecule has 0 aliphatic rings. The van der Waals surface area contributed by atoms with Crippen LogP contribution in [0.15, 0.2) is 312 Å². The van der Waals surface area contributed by atoms with Gasteiger partial charge in [-0.05, 0) is 208 Å². The van der Waals surface area contributed by atoms with Crippen molar-refractivity contribution in [2.75, 3.05) is 0 Å². The van der Waals surface area contributed by atoms with Gasteiger partial charge < -0.3 is 34.5 Å². The van der Waals surface area contributed by atoms with Crippen LogP contribution in [-0.2, 0) is 25.1 Å². The molecule has 36 heteroatoms. The van der Waals surface area contributed by atoms with Gasteiger partial charge in [0, 0.05) is 73.9 Å². The van der Waals surface area contributed by atoms with Crippen LogP contribution < -0.4 is 33.4 Å². The molecule has 7 aromatic heterocycles. The van der Waals surface area contributed by atoms with Crippen molar-refractivity contribution in [1.29, 1.82) is 0 Å². The Labute approximate surface area is 826 Å². The van der Waals surface area contributed by atoms with Crippen LogP contribution in [0.1, 0.15) is 50.1 Å². The zero-order chi connectivity index (χ0) is 98.0. The predicted molar refractivity (Wildman–Crippen MR) is 540 cm³/mol. The Hall–Kier alpha value is -13.1. The molecule has 13 aromatic carbocycles. The molecular formula is C101H66Br5Cl3F9N13O6. The Morgan fingerprint density at radius 1 is 0.314 bits per heavy atom. The second kappa shape index (κ2) is 41.0. The van der Waals surface area contributed by atoms with Crippen LogP contribution in [0.5, 0.6) is 0 Å². The molecule has 20 rings (SSSR count). The second-order valence-corrected chi connectivity index (χ2v) is 36.9. The number of alkyl halides is 9. The fourth-order valence-corrected chi connectivity index (χ4v) is 17.4. The molecule has 0 amide bonds. The van der Waals surface area contributed by atoms with Gasteiger partial charge >= 0.3 is 18.5 Å². The minimum Gasteiger partial charge on any atom is -0.342 e. The SMILES string of the molecule is Cc1ccc2nc(-c3cc(Br)cc(C(F)(F)F)c3)[nH]c(=O)c2c1.Cc1cccc2c(=O)[nH]c(-c3ccc(Br)c(C(F)(F)F)c3)nc12.Cc1cccc2c(=O)[nH]c(-c3ccc(Br)cc3)nc12.Cc1cccc2c(=O)[nH]c(-c3ccc(Cl)c(Cl)c3)nc12.Cc1cccc2c(=O)[nH]c(-c3cn(Cc4ccccc4)c4cccc(Cl)c34)nc12.O=c1[nH]c(-c2cc(Br)cc(C(F)(F)F)c2)nc2ccc(Br)cc12. The van der Waals surface area contributed by atoms with E-state index < -0.39 is 40.8 Å². The summed E-state index contributed by atoms with van der Waals surface area (Å²) in [6.07, 6.45) is -11.4. The Kier molecular flexibility index (Phi) is 29.5. The number of para-hydroxylation sites is 4. The first kappa shape index (κ1) is 98.4. The monoisotopic (exact) mass is 2230 g/mol. The highest BCUT2D eigenvalue weighted by molar-refractivity contribution is 9.11. The van der Waals surface area contributed by atoms with E-state index in [1.54, 1.807) is 97.9 Å². The Balaban J connectivity index is 0.000000125. The van der Waals surface area contributed by atoms with Crippen LogP contribution in [0.4, 0.5) is 39.5 Å². The van der Waals surface area contributed by atoms with E-state index in [4.69, 9.17) is 39.8 Å². The van der Waals surface area contributed by atoms with Gasteiger partial charge in [-0.2, -0.15) is 39.5 Å². The number of benzene rings is 13. The van der Waals surface area contributed by atoms with E-state index >= 15 is 0 Å². The molecule has 19 nitrogen and oxygen atoms in total. The smallest absolute Gasteiger partial charge is 0.342 e. The fraction of sp³-hybridized carbons (Fsp3) is 0.0891. The van der Waals surface area contributed by atoms with Gasteiger partial charge in [-0.25, -0.2) is 29.9 Å². The molecule has 0 aliphatic carbocycles. The van der Waals surface area contributed by atoms with Gasteiger partial charge in [-0.1, -0.05) is 229 Å². The second-order valence-electron chi connectivity index (χ2n) is 31.1. The average molecular weight is 2230 g/mol. The minimum absolute atomic E-state index is 0.0620. The number of H-pyrrole nitrogens is 6. The maximum absolute atomic E-state index is 13.0. The van der Waals surface area contributed by atoms with E-state index in [0.717, 1.165) is 95.7 Å². The van der Waals surface area contributed by atoms with Crippen molar-refractivity contribution >= 4 is 191 Å². The number of halogens is 17. The maximum atomic E-state index is 13.0. The summed E-state index contributed by atoms with van der Waals surface area (Å²) in [5, 5.41) is 5.38. The summed E-state index contributed by atoms with van der Waals surface area (Å²) in [4.78, 5) is 116. The van der Waals surface area contributed by atoms with Crippen molar-refractivity contribution in [2.45, 2.75) is 59.7 Å². The van der Waals surface area contributed by atoms with Gasteiger partial charge in [0.05, 0.1) is 103 Å². The molecule has 690 valence electrons. The largest absolute Gasteiger partial charge is 0.417 e. The van der Waals surface area contributed by atoms with E-state index in [1.165, 1.54) is 29.8 Å². The first-order valence-corrected chi connectivity index (χ1v) is 46.0. The Morgan fingerprint density at radius 3 is 1.17 bits per heavy atom. The highest BCUT2D eigenvalue weighted by Crippen LogP contribution is 2.41. The molecule has 0 atom stereocenters. The van der Waals surface area contributed by atoms with Crippen molar-refractivity contribution in [1.82, 2.24) is 64.4 Å². The fourth-order valence-electron chi connectivity index (χ4n) is 14.7. The van der Waals surface area contributed by atoms with Crippen molar-refractivity contribution in [3.8, 4) is 68.3 Å². The number of fused-ring (bicyclic) bond motifs is 7. The molecule has 6 N–H and O–H groups in total. The van der Waals surface area contributed by atoms with Crippen LogP contribution in [0, 0.1) is 34.6 Å². The molecule has 0 unspecified atom stereocenters. The Bertz CT molecular complexity index is 8380. The summed E-state index contributed by atoms with van der Waals surface area (Å²) < 4.78 is 121. The van der Waals surface area contributed by atoms with Crippen LogP contribution in [0.2, 0.25) is 15.1 Å². The van der Waals surface area contributed by atoms with Crippen molar-refractivity contribution in [3.63, 3.8) is 0 Å². The molecule has 0 saturated carbocycles. The van der Waals surface area contributed by atoms with Crippen LogP contribution in [-0.4, -0.2) is 64.4 Å². The average Bonchev–Trinajstić information content (AvgIpc) is 1.60. The molecule has 7 heterocycles. The third-order valence-corrected chi connectivity index (χ3v) is 25.1. The lowest BCUT2D eigenvalue weighted by Gasteiger charge is -2.11.